The molecule has 1 fully saturated rings. The molecule has 0 aliphatic carbocycles. The van der Waals surface area contributed by atoms with Gasteiger partial charge in [-0.1, -0.05) is 60.7 Å². The van der Waals surface area contributed by atoms with Gasteiger partial charge in [0.05, 0.1) is 0 Å². The summed E-state index contributed by atoms with van der Waals surface area (Å²) in [5.74, 6) is -0.677. The first-order valence-electron chi connectivity index (χ1n) is 7.30. The number of imide groups is 1. The number of phosphoric acid groups is 1. The number of amides is 3. The van der Waals surface area contributed by atoms with Crippen molar-refractivity contribution in [1.82, 2.24) is 10.2 Å². The monoisotopic (exact) mass is 385 g/mol. The van der Waals surface area contributed by atoms with Crippen LogP contribution in [-0.2, 0) is 19.4 Å². The van der Waals surface area contributed by atoms with Crippen molar-refractivity contribution in [2.24, 2.45) is 0 Å². The van der Waals surface area contributed by atoms with E-state index in [0.29, 0.717) is 16.0 Å². The van der Waals surface area contributed by atoms with Gasteiger partial charge in [-0.2, -0.15) is 0 Å². The fourth-order valence-electron chi connectivity index (χ4n) is 2.76. The maximum absolute atomic E-state index is 13.1. The van der Waals surface area contributed by atoms with Crippen LogP contribution in [0.4, 0.5) is 4.79 Å². The fraction of sp³-hybridized carbons (Fsp3) is 0.125. The molecule has 8 nitrogen and oxygen atoms in total. The Balaban J connectivity index is 0.00000243. The maximum Gasteiger partial charge on any atom is 0.471 e. The first-order valence-corrected chi connectivity index (χ1v) is 8.83. The molecular weight excluding hydrogens is 370 g/mol. The Morgan fingerprint density at radius 2 is 1.42 bits per heavy atom. The Kier molecular flexibility index (Phi) is 6.42. The normalized spacial score (nSPS) is 16.2. The second-order valence-corrected chi connectivity index (χ2v) is 6.63. The standard InChI is InChI=1S/C16H15N2O6P.Na/c19-14-16(12-7-3-1-4-8-12,13-9-5-2-6-10-13)17-15(20)18(14)11-24-25(21,22)23;/h1-10H,11H2,(H,17,20)(H2,21,22,23);. The summed E-state index contributed by atoms with van der Waals surface area (Å²) in [5.41, 5.74) is -0.436. The zero-order valence-electron chi connectivity index (χ0n) is 13.9. The Bertz CT molecular complexity index is 803. The number of urea groups is 1. The summed E-state index contributed by atoms with van der Waals surface area (Å²) in [4.78, 5) is 43.7. The molecule has 1 aliphatic rings. The van der Waals surface area contributed by atoms with Crippen LogP contribution in [0, 0.1) is 0 Å². The minimum absolute atomic E-state index is 0. The quantitative estimate of drug-likeness (QED) is 0.404. The van der Waals surface area contributed by atoms with Crippen molar-refractivity contribution >= 4 is 49.3 Å². The second kappa shape index (κ2) is 8.02. The number of phosphoric ester groups is 1. The van der Waals surface area contributed by atoms with E-state index in [-0.39, 0.29) is 29.6 Å². The fourth-order valence-corrected chi connectivity index (χ4v) is 3.03. The summed E-state index contributed by atoms with van der Waals surface area (Å²) >= 11 is 0. The molecule has 1 heterocycles. The molecule has 0 aromatic heterocycles. The van der Waals surface area contributed by atoms with Gasteiger partial charge in [0.1, 0.15) is 6.73 Å². The van der Waals surface area contributed by atoms with Gasteiger partial charge in [-0.15, -0.1) is 0 Å². The SMILES string of the molecule is O=C1NC(c2ccccc2)(c2ccccc2)C(=O)N1COP(=O)(O)O.[Na]. The van der Waals surface area contributed by atoms with E-state index < -0.39 is 32.0 Å². The number of carbonyl (C=O) groups is 2. The topological polar surface area (TPSA) is 116 Å². The Labute approximate surface area is 171 Å². The van der Waals surface area contributed by atoms with Crippen LogP contribution in [0.15, 0.2) is 60.7 Å². The summed E-state index contributed by atoms with van der Waals surface area (Å²) in [6.45, 7) is -0.851. The Hall–Kier alpha value is -1.51. The molecule has 0 saturated carbocycles. The average Bonchev–Trinajstić information content (AvgIpc) is 2.85. The molecule has 26 heavy (non-hydrogen) atoms. The van der Waals surface area contributed by atoms with Crippen molar-refractivity contribution in [3.8, 4) is 0 Å². The van der Waals surface area contributed by atoms with Gasteiger partial charge in [-0.25, -0.2) is 14.3 Å². The summed E-state index contributed by atoms with van der Waals surface area (Å²) < 4.78 is 15.2. The molecule has 2 aromatic rings. The van der Waals surface area contributed by atoms with E-state index in [4.69, 9.17) is 9.79 Å². The Morgan fingerprint density at radius 1 is 0.962 bits per heavy atom. The predicted octanol–water partition coefficient (Wildman–Crippen LogP) is 1.17. The molecule has 0 spiro atoms. The molecule has 10 heteroatoms. The van der Waals surface area contributed by atoms with Crippen LogP contribution in [0.3, 0.4) is 0 Å². The van der Waals surface area contributed by atoms with Crippen LogP contribution < -0.4 is 5.32 Å². The van der Waals surface area contributed by atoms with Crippen molar-refractivity contribution in [1.29, 1.82) is 0 Å². The molecule has 2 aromatic carbocycles. The van der Waals surface area contributed by atoms with Crippen molar-refractivity contribution in [2.45, 2.75) is 5.54 Å². The smallest absolute Gasteiger partial charge is 0.315 e. The van der Waals surface area contributed by atoms with Crippen molar-refractivity contribution in [2.75, 3.05) is 6.73 Å². The van der Waals surface area contributed by atoms with E-state index in [9.17, 15) is 14.2 Å². The number of carbonyl (C=O) groups excluding carboxylic acids is 2. The van der Waals surface area contributed by atoms with Gasteiger partial charge >= 0.3 is 13.9 Å². The van der Waals surface area contributed by atoms with Gasteiger partial charge in [0, 0.05) is 29.6 Å². The van der Waals surface area contributed by atoms with Gasteiger partial charge in [-0.05, 0) is 11.1 Å². The minimum Gasteiger partial charge on any atom is -0.315 e. The third-order valence-corrected chi connectivity index (χ3v) is 4.33. The summed E-state index contributed by atoms with van der Waals surface area (Å²) in [6.07, 6.45) is 0. The minimum atomic E-state index is -4.83. The molecule has 1 radical (unpaired) electrons. The van der Waals surface area contributed by atoms with Crippen LogP contribution in [0.1, 0.15) is 11.1 Å². The van der Waals surface area contributed by atoms with Crippen molar-refractivity contribution in [3.63, 3.8) is 0 Å². The average molecular weight is 385 g/mol. The summed E-state index contributed by atoms with van der Waals surface area (Å²) in [7, 11) is -4.83. The van der Waals surface area contributed by atoms with E-state index >= 15 is 0 Å². The number of benzene rings is 2. The zero-order valence-corrected chi connectivity index (χ0v) is 16.8. The number of hydrogen-bond donors (Lipinski definition) is 3. The molecule has 1 saturated heterocycles. The number of hydrogen-bond acceptors (Lipinski definition) is 4. The van der Waals surface area contributed by atoms with E-state index in [1.54, 1.807) is 60.7 Å². The second-order valence-electron chi connectivity index (χ2n) is 5.39. The van der Waals surface area contributed by atoms with Gasteiger partial charge in [0.2, 0.25) is 0 Å². The molecule has 0 bridgehead atoms. The number of rotatable bonds is 5. The van der Waals surface area contributed by atoms with E-state index in [2.05, 4.69) is 9.84 Å². The first-order chi connectivity index (χ1) is 11.8. The third kappa shape index (κ3) is 3.92. The summed E-state index contributed by atoms with van der Waals surface area (Å²) in [5, 5.41) is 2.64. The molecule has 0 atom stereocenters. The van der Waals surface area contributed by atoms with E-state index in [1.807, 2.05) is 0 Å². The molecule has 3 amide bonds. The van der Waals surface area contributed by atoms with Gasteiger partial charge in [-0.3, -0.25) is 9.32 Å². The van der Waals surface area contributed by atoms with Crippen molar-refractivity contribution < 1.29 is 28.5 Å². The van der Waals surface area contributed by atoms with Crippen molar-refractivity contribution in [3.05, 3.63) is 71.8 Å². The molecular formula is C16H15N2NaO6P. The molecule has 131 valence electrons. The predicted molar refractivity (Wildman–Crippen MR) is 92.8 cm³/mol. The van der Waals surface area contributed by atoms with Gasteiger partial charge < -0.3 is 15.1 Å². The first kappa shape index (κ1) is 20.8. The zero-order chi connectivity index (χ0) is 18.1. The number of nitrogens with one attached hydrogen (secondary N) is 1. The van der Waals surface area contributed by atoms with Crippen LogP contribution >= 0.6 is 7.82 Å². The van der Waals surface area contributed by atoms with E-state index in [0.717, 1.165) is 0 Å². The molecule has 3 N–H and O–H groups in total. The van der Waals surface area contributed by atoms with Crippen LogP contribution in [-0.4, -0.2) is 62.9 Å². The number of nitrogens with zero attached hydrogens (tertiary/aromatic N) is 1. The van der Waals surface area contributed by atoms with Crippen LogP contribution in [0.25, 0.3) is 0 Å². The van der Waals surface area contributed by atoms with Crippen LogP contribution in [0.5, 0.6) is 0 Å². The van der Waals surface area contributed by atoms with Gasteiger partial charge in [0.15, 0.2) is 5.54 Å². The molecule has 0 unspecified atom stereocenters. The largest absolute Gasteiger partial charge is 0.471 e. The van der Waals surface area contributed by atoms with E-state index in [1.165, 1.54) is 0 Å². The molecule has 1 aliphatic heterocycles. The summed E-state index contributed by atoms with van der Waals surface area (Å²) in [6, 6.07) is 16.4. The Morgan fingerprint density at radius 3 is 1.85 bits per heavy atom. The van der Waals surface area contributed by atoms with Crippen LogP contribution in [0.2, 0.25) is 0 Å². The third-order valence-electron chi connectivity index (χ3n) is 3.87. The maximum atomic E-state index is 13.1. The molecule has 3 rings (SSSR count). The van der Waals surface area contributed by atoms with Gasteiger partial charge in [0.25, 0.3) is 5.91 Å².